The van der Waals surface area contributed by atoms with E-state index in [-0.39, 0.29) is 0 Å². The summed E-state index contributed by atoms with van der Waals surface area (Å²) in [4.78, 5) is 4.25. The fourth-order valence-electron chi connectivity index (χ4n) is 1.80. The van der Waals surface area contributed by atoms with Gasteiger partial charge in [0, 0.05) is 25.0 Å². The number of rotatable bonds is 6. The third-order valence-corrected chi connectivity index (χ3v) is 3.11. The molecule has 1 rings (SSSR count). The van der Waals surface area contributed by atoms with Gasteiger partial charge in [-0.2, -0.15) is 0 Å². The average Bonchev–Trinajstić information content (AvgIpc) is 2.63. The normalized spacial score (nSPS) is 15.2. The van der Waals surface area contributed by atoms with Gasteiger partial charge in [-0.05, 0) is 19.4 Å². The molecule has 86 valence electrons. The first kappa shape index (κ1) is 12.2. The maximum atomic E-state index is 4.25. The van der Waals surface area contributed by atoms with Gasteiger partial charge >= 0.3 is 0 Å². The van der Waals surface area contributed by atoms with Crippen LogP contribution in [0.2, 0.25) is 0 Å². The smallest absolute Gasteiger partial charge is 0.105 e. The number of aromatic nitrogens is 2. The molecule has 15 heavy (non-hydrogen) atoms. The average molecular weight is 209 g/mol. The molecule has 0 aliphatic rings. The molecule has 3 heteroatoms. The van der Waals surface area contributed by atoms with Gasteiger partial charge in [-0.3, -0.25) is 0 Å². The van der Waals surface area contributed by atoms with Gasteiger partial charge in [0.25, 0.3) is 0 Å². The molecule has 0 fully saturated rings. The van der Waals surface area contributed by atoms with E-state index in [0.717, 1.165) is 18.9 Å². The predicted molar refractivity (Wildman–Crippen MR) is 63.9 cm³/mol. The molecule has 0 bridgehead atoms. The Bertz CT molecular complexity index is 280. The molecule has 0 amide bonds. The Morgan fingerprint density at radius 1 is 1.47 bits per heavy atom. The molecule has 0 aromatic carbocycles. The van der Waals surface area contributed by atoms with Crippen molar-refractivity contribution in [1.82, 2.24) is 14.9 Å². The molecule has 0 aliphatic carbocycles. The van der Waals surface area contributed by atoms with Gasteiger partial charge in [0.05, 0.1) is 0 Å². The third kappa shape index (κ3) is 3.34. The minimum atomic E-state index is 0.549. The number of nitrogens with zero attached hydrogens (tertiary/aromatic N) is 2. The molecule has 3 nitrogen and oxygen atoms in total. The van der Waals surface area contributed by atoms with Crippen molar-refractivity contribution in [2.24, 2.45) is 5.92 Å². The lowest BCUT2D eigenvalue weighted by Crippen LogP contribution is -2.38. The molecule has 2 atom stereocenters. The minimum absolute atomic E-state index is 0.549. The van der Waals surface area contributed by atoms with Crippen molar-refractivity contribution in [2.75, 3.05) is 6.54 Å². The molecule has 1 heterocycles. The van der Waals surface area contributed by atoms with Crippen molar-refractivity contribution in [2.45, 2.75) is 46.7 Å². The molecular formula is C12H23N3. The van der Waals surface area contributed by atoms with Crippen molar-refractivity contribution in [3.05, 3.63) is 18.2 Å². The predicted octanol–water partition coefficient (Wildman–Crippen LogP) is 2.22. The summed E-state index contributed by atoms with van der Waals surface area (Å²) in [6.07, 6.45) is 5.14. The van der Waals surface area contributed by atoms with Crippen LogP contribution in [0.3, 0.4) is 0 Å². The quantitative estimate of drug-likeness (QED) is 0.778. The second-order valence-electron chi connectivity index (χ2n) is 4.18. The van der Waals surface area contributed by atoms with Gasteiger partial charge in [-0.15, -0.1) is 0 Å². The van der Waals surface area contributed by atoms with Crippen LogP contribution in [0, 0.1) is 12.8 Å². The Kier molecular flexibility index (Phi) is 4.82. The molecule has 0 radical (unpaired) electrons. The fourth-order valence-corrected chi connectivity index (χ4v) is 1.80. The number of aryl methyl sites for hydroxylation is 1. The highest BCUT2D eigenvalue weighted by molar-refractivity contribution is 4.90. The van der Waals surface area contributed by atoms with Crippen LogP contribution in [0.1, 0.15) is 33.0 Å². The van der Waals surface area contributed by atoms with Crippen LogP contribution in [0.5, 0.6) is 0 Å². The molecule has 0 aliphatic heterocycles. The summed E-state index contributed by atoms with van der Waals surface area (Å²) in [5.41, 5.74) is 0. The van der Waals surface area contributed by atoms with Crippen LogP contribution in [-0.2, 0) is 6.54 Å². The van der Waals surface area contributed by atoms with Gasteiger partial charge in [0.1, 0.15) is 5.82 Å². The SMILES string of the molecule is CCNC(Cn1ccnc1C)C(C)CC. The van der Waals surface area contributed by atoms with Gasteiger partial charge in [-0.1, -0.05) is 27.2 Å². The van der Waals surface area contributed by atoms with E-state index in [0.29, 0.717) is 12.0 Å². The van der Waals surface area contributed by atoms with Crippen LogP contribution >= 0.6 is 0 Å². The Hall–Kier alpha value is -0.830. The van der Waals surface area contributed by atoms with Crippen LogP contribution in [-0.4, -0.2) is 22.1 Å². The highest BCUT2D eigenvalue weighted by atomic mass is 15.1. The second-order valence-corrected chi connectivity index (χ2v) is 4.18. The molecule has 2 unspecified atom stereocenters. The second kappa shape index (κ2) is 5.91. The summed E-state index contributed by atoms with van der Waals surface area (Å²) in [5, 5.41) is 3.55. The number of imidazole rings is 1. The summed E-state index contributed by atoms with van der Waals surface area (Å²) in [6, 6.07) is 0.549. The Morgan fingerprint density at radius 2 is 2.20 bits per heavy atom. The molecule has 0 saturated carbocycles. The zero-order valence-electron chi connectivity index (χ0n) is 10.3. The fraction of sp³-hybridized carbons (Fsp3) is 0.750. The van der Waals surface area contributed by atoms with E-state index >= 15 is 0 Å². The summed E-state index contributed by atoms with van der Waals surface area (Å²) in [7, 11) is 0. The zero-order valence-corrected chi connectivity index (χ0v) is 10.3. The van der Waals surface area contributed by atoms with E-state index in [1.807, 2.05) is 6.20 Å². The summed E-state index contributed by atoms with van der Waals surface area (Å²) < 4.78 is 2.22. The maximum absolute atomic E-state index is 4.25. The summed E-state index contributed by atoms with van der Waals surface area (Å²) >= 11 is 0. The van der Waals surface area contributed by atoms with Crippen molar-refractivity contribution in [3.63, 3.8) is 0 Å². The van der Waals surface area contributed by atoms with E-state index < -0.39 is 0 Å². The molecule has 1 aromatic heterocycles. The number of nitrogens with one attached hydrogen (secondary N) is 1. The van der Waals surface area contributed by atoms with E-state index in [2.05, 4.69) is 48.8 Å². The van der Waals surface area contributed by atoms with Crippen LogP contribution in [0.25, 0.3) is 0 Å². The highest BCUT2D eigenvalue weighted by Crippen LogP contribution is 2.10. The lowest BCUT2D eigenvalue weighted by molar-refractivity contribution is 0.332. The summed E-state index contributed by atoms with van der Waals surface area (Å²) in [6.45, 7) is 10.8. The van der Waals surface area contributed by atoms with Crippen molar-refractivity contribution < 1.29 is 0 Å². The van der Waals surface area contributed by atoms with Gasteiger partial charge in [-0.25, -0.2) is 4.98 Å². The van der Waals surface area contributed by atoms with Crippen molar-refractivity contribution >= 4 is 0 Å². The Balaban J connectivity index is 2.62. The van der Waals surface area contributed by atoms with E-state index in [1.54, 1.807) is 0 Å². The first-order chi connectivity index (χ1) is 7.19. The molecule has 1 N–H and O–H groups in total. The van der Waals surface area contributed by atoms with Gasteiger partial charge in [0.2, 0.25) is 0 Å². The molecule has 1 aromatic rings. The topological polar surface area (TPSA) is 29.9 Å². The minimum Gasteiger partial charge on any atom is -0.334 e. The van der Waals surface area contributed by atoms with Crippen LogP contribution in [0.15, 0.2) is 12.4 Å². The standard InChI is InChI=1S/C12H23N3/c1-5-10(3)12(13-6-2)9-15-8-7-14-11(15)4/h7-8,10,12-13H,5-6,9H2,1-4H3. The monoisotopic (exact) mass is 209 g/mol. The first-order valence-electron chi connectivity index (χ1n) is 5.90. The van der Waals surface area contributed by atoms with E-state index in [4.69, 9.17) is 0 Å². The number of likely N-dealkylation sites (N-methyl/N-ethyl adjacent to an activating group) is 1. The lowest BCUT2D eigenvalue weighted by atomic mass is 9.99. The van der Waals surface area contributed by atoms with Crippen molar-refractivity contribution in [1.29, 1.82) is 0 Å². The molecule has 0 spiro atoms. The van der Waals surface area contributed by atoms with E-state index in [9.17, 15) is 0 Å². The van der Waals surface area contributed by atoms with Crippen LogP contribution in [0.4, 0.5) is 0 Å². The van der Waals surface area contributed by atoms with Gasteiger partial charge in [0.15, 0.2) is 0 Å². The highest BCUT2D eigenvalue weighted by Gasteiger charge is 2.15. The van der Waals surface area contributed by atoms with Crippen molar-refractivity contribution in [3.8, 4) is 0 Å². The zero-order chi connectivity index (χ0) is 11.3. The molecule has 0 saturated heterocycles. The summed E-state index contributed by atoms with van der Waals surface area (Å²) in [5.74, 6) is 1.80. The number of hydrogen-bond donors (Lipinski definition) is 1. The Labute approximate surface area is 92.9 Å². The Morgan fingerprint density at radius 3 is 2.67 bits per heavy atom. The first-order valence-corrected chi connectivity index (χ1v) is 5.90. The van der Waals surface area contributed by atoms with Gasteiger partial charge < -0.3 is 9.88 Å². The molecular weight excluding hydrogens is 186 g/mol. The van der Waals surface area contributed by atoms with E-state index in [1.165, 1.54) is 6.42 Å². The van der Waals surface area contributed by atoms with Crippen LogP contribution < -0.4 is 5.32 Å². The third-order valence-electron chi connectivity index (χ3n) is 3.11. The maximum Gasteiger partial charge on any atom is 0.105 e. The largest absolute Gasteiger partial charge is 0.334 e. The lowest BCUT2D eigenvalue weighted by Gasteiger charge is -2.24. The number of hydrogen-bond acceptors (Lipinski definition) is 2.